The highest BCUT2D eigenvalue weighted by atomic mass is 35.5. The van der Waals surface area contributed by atoms with Gasteiger partial charge in [0.1, 0.15) is 12.1 Å². The lowest BCUT2D eigenvalue weighted by Crippen LogP contribution is -2.85. The Kier molecular flexibility index (Phi) is 4.46. The number of halogens is 1. The summed E-state index contributed by atoms with van der Waals surface area (Å²) in [5.41, 5.74) is 1.77. The van der Waals surface area contributed by atoms with Crippen LogP contribution >= 0.6 is 11.6 Å². The molecule has 23 heavy (non-hydrogen) atoms. The summed E-state index contributed by atoms with van der Waals surface area (Å²) in [5, 5.41) is 3.51. The van der Waals surface area contributed by atoms with Crippen molar-refractivity contribution in [3.05, 3.63) is 75.3 Å². The zero-order valence-corrected chi connectivity index (χ0v) is 13.8. The second kappa shape index (κ2) is 6.52. The number of benzene rings is 2. The van der Waals surface area contributed by atoms with E-state index in [-0.39, 0.29) is 17.6 Å². The highest BCUT2D eigenvalue weighted by Gasteiger charge is 2.18. The summed E-state index contributed by atoms with van der Waals surface area (Å²) in [6, 6.07) is 15.4. The van der Waals surface area contributed by atoms with E-state index in [1.54, 1.807) is 6.07 Å². The lowest BCUT2D eigenvalue weighted by atomic mass is 10.1. The molecule has 2 aromatic carbocycles. The predicted octanol–water partition coefficient (Wildman–Crippen LogP) is 2.96. The van der Waals surface area contributed by atoms with Crippen molar-refractivity contribution in [2.24, 2.45) is 0 Å². The lowest BCUT2D eigenvalue weighted by Gasteiger charge is -2.17. The number of nitrogens with one attached hydrogen (secondary N) is 1. The van der Waals surface area contributed by atoms with Gasteiger partial charge in [-0.3, -0.25) is 4.79 Å². The standard InChI is InChI=1S/C18H18ClN3O/c1-11(13-6-5-7-14(19)10-13)20-12(2)17-21-16-9-4-3-8-15(16)18(23)22-17/h3-12,20H,1-2H3,(H,21,22,23)/p+1/t11-,12+/m1/s1. The van der Waals surface area contributed by atoms with Crippen LogP contribution in [0, 0.1) is 0 Å². The molecule has 0 aliphatic rings. The van der Waals surface area contributed by atoms with Crippen molar-refractivity contribution in [1.29, 1.82) is 0 Å². The Morgan fingerprint density at radius 2 is 1.87 bits per heavy atom. The first kappa shape index (κ1) is 15.7. The Bertz CT molecular complexity index is 891. The molecule has 1 heterocycles. The summed E-state index contributed by atoms with van der Waals surface area (Å²) >= 11 is 6.05. The number of para-hydroxylation sites is 1. The molecule has 4 nitrogen and oxygen atoms in total. The average Bonchev–Trinajstić information content (AvgIpc) is 2.54. The molecule has 0 aliphatic heterocycles. The van der Waals surface area contributed by atoms with Crippen molar-refractivity contribution < 1.29 is 5.32 Å². The molecule has 0 unspecified atom stereocenters. The van der Waals surface area contributed by atoms with Crippen LogP contribution in [0.3, 0.4) is 0 Å². The average molecular weight is 329 g/mol. The van der Waals surface area contributed by atoms with E-state index < -0.39 is 0 Å². The van der Waals surface area contributed by atoms with Gasteiger partial charge in [-0.2, -0.15) is 0 Å². The fraction of sp³-hybridized carbons (Fsp3) is 0.222. The van der Waals surface area contributed by atoms with Gasteiger partial charge in [0.15, 0.2) is 5.82 Å². The van der Waals surface area contributed by atoms with Crippen LogP contribution < -0.4 is 10.9 Å². The number of nitrogens with two attached hydrogens (primary N) is 1. The van der Waals surface area contributed by atoms with Gasteiger partial charge in [-0.05, 0) is 38.1 Å². The number of nitrogens with zero attached hydrogens (tertiary/aromatic N) is 1. The second-order valence-electron chi connectivity index (χ2n) is 5.79. The number of quaternary nitrogens is 1. The quantitative estimate of drug-likeness (QED) is 0.773. The summed E-state index contributed by atoms with van der Waals surface area (Å²) in [4.78, 5) is 19.7. The van der Waals surface area contributed by atoms with E-state index in [0.29, 0.717) is 11.2 Å². The minimum absolute atomic E-state index is 0.0290. The summed E-state index contributed by atoms with van der Waals surface area (Å²) < 4.78 is 0. The zero-order chi connectivity index (χ0) is 16.4. The minimum Gasteiger partial charge on any atom is -0.332 e. The van der Waals surface area contributed by atoms with Gasteiger partial charge in [0.2, 0.25) is 0 Å². The highest BCUT2D eigenvalue weighted by Crippen LogP contribution is 2.16. The highest BCUT2D eigenvalue weighted by molar-refractivity contribution is 6.30. The molecule has 5 heteroatoms. The third kappa shape index (κ3) is 3.44. The molecular formula is C18H19ClN3O+. The van der Waals surface area contributed by atoms with Gasteiger partial charge in [0.05, 0.1) is 10.9 Å². The molecule has 0 saturated heterocycles. The number of rotatable bonds is 4. The first-order chi connectivity index (χ1) is 11.0. The Morgan fingerprint density at radius 3 is 2.65 bits per heavy atom. The van der Waals surface area contributed by atoms with E-state index in [2.05, 4.69) is 28.3 Å². The number of fused-ring (bicyclic) bond motifs is 1. The molecule has 0 fully saturated rings. The molecule has 1 aromatic heterocycles. The molecule has 3 aromatic rings. The molecule has 0 amide bonds. The van der Waals surface area contributed by atoms with Crippen LogP contribution in [0.5, 0.6) is 0 Å². The molecule has 118 valence electrons. The largest absolute Gasteiger partial charge is 0.332 e. The lowest BCUT2D eigenvalue weighted by molar-refractivity contribution is -0.729. The summed E-state index contributed by atoms with van der Waals surface area (Å²) in [6.07, 6.45) is 0. The molecule has 3 N–H and O–H groups in total. The summed E-state index contributed by atoms with van der Waals surface area (Å²) in [6.45, 7) is 4.15. The van der Waals surface area contributed by atoms with Crippen LogP contribution in [0.4, 0.5) is 0 Å². The summed E-state index contributed by atoms with van der Waals surface area (Å²) in [5.74, 6) is 0.683. The number of aromatic amines is 1. The van der Waals surface area contributed by atoms with Crippen molar-refractivity contribution in [2.75, 3.05) is 0 Å². The van der Waals surface area contributed by atoms with Gasteiger partial charge in [0.25, 0.3) is 5.56 Å². The van der Waals surface area contributed by atoms with E-state index in [0.717, 1.165) is 16.1 Å². The first-order valence-electron chi connectivity index (χ1n) is 7.64. The van der Waals surface area contributed by atoms with Crippen LogP contribution in [0.1, 0.15) is 37.3 Å². The maximum atomic E-state index is 12.2. The molecule has 0 bridgehead atoms. The van der Waals surface area contributed by atoms with Crippen molar-refractivity contribution in [1.82, 2.24) is 9.97 Å². The molecule has 0 aliphatic carbocycles. The van der Waals surface area contributed by atoms with Gasteiger partial charge in [-0.25, -0.2) is 4.98 Å². The van der Waals surface area contributed by atoms with Crippen LogP contribution in [0.2, 0.25) is 5.02 Å². The first-order valence-corrected chi connectivity index (χ1v) is 8.02. The van der Waals surface area contributed by atoms with Gasteiger partial charge in [0, 0.05) is 10.6 Å². The maximum absolute atomic E-state index is 12.2. The molecule has 0 saturated carbocycles. The minimum atomic E-state index is -0.0961. The number of hydrogen-bond acceptors (Lipinski definition) is 2. The molecule has 0 spiro atoms. The van der Waals surface area contributed by atoms with Gasteiger partial charge in [-0.15, -0.1) is 0 Å². The Labute approximate surface area is 139 Å². The SMILES string of the molecule is C[C@H]([NH2+][C@H](C)c1cccc(Cl)c1)c1nc2ccccc2c(=O)[nH]1. The zero-order valence-electron chi connectivity index (χ0n) is 13.1. The van der Waals surface area contributed by atoms with E-state index in [1.165, 1.54) is 0 Å². The van der Waals surface area contributed by atoms with Crippen molar-refractivity contribution >= 4 is 22.5 Å². The second-order valence-corrected chi connectivity index (χ2v) is 6.23. The monoisotopic (exact) mass is 328 g/mol. The van der Waals surface area contributed by atoms with Gasteiger partial charge in [-0.1, -0.05) is 35.9 Å². The van der Waals surface area contributed by atoms with Crippen molar-refractivity contribution in [3.63, 3.8) is 0 Å². The topological polar surface area (TPSA) is 62.4 Å². The van der Waals surface area contributed by atoms with Gasteiger partial charge >= 0.3 is 0 Å². The van der Waals surface area contributed by atoms with Crippen molar-refractivity contribution in [3.8, 4) is 0 Å². The number of hydrogen-bond donors (Lipinski definition) is 2. The van der Waals surface area contributed by atoms with Crippen LogP contribution in [0.15, 0.2) is 53.3 Å². The Morgan fingerprint density at radius 1 is 1.09 bits per heavy atom. The normalized spacial score (nSPS) is 13.9. The van der Waals surface area contributed by atoms with E-state index in [9.17, 15) is 4.79 Å². The maximum Gasteiger partial charge on any atom is 0.258 e. The fourth-order valence-electron chi connectivity index (χ4n) is 2.75. The van der Waals surface area contributed by atoms with Crippen LogP contribution in [-0.4, -0.2) is 9.97 Å². The number of H-pyrrole nitrogens is 1. The number of aromatic nitrogens is 2. The molecule has 2 atom stereocenters. The van der Waals surface area contributed by atoms with E-state index >= 15 is 0 Å². The predicted molar refractivity (Wildman–Crippen MR) is 92.6 cm³/mol. The fourth-order valence-corrected chi connectivity index (χ4v) is 2.94. The summed E-state index contributed by atoms with van der Waals surface area (Å²) in [7, 11) is 0. The Hall–Kier alpha value is -2.17. The van der Waals surface area contributed by atoms with Crippen molar-refractivity contribution in [2.45, 2.75) is 25.9 Å². The molecule has 3 rings (SSSR count). The van der Waals surface area contributed by atoms with E-state index in [4.69, 9.17) is 11.6 Å². The molecular weight excluding hydrogens is 310 g/mol. The molecule has 0 radical (unpaired) electrons. The van der Waals surface area contributed by atoms with Crippen LogP contribution in [-0.2, 0) is 0 Å². The smallest absolute Gasteiger partial charge is 0.258 e. The third-order valence-electron chi connectivity index (χ3n) is 4.01. The van der Waals surface area contributed by atoms with E-state index in [1.807, 2.05) is 43.3 Å². The van der Waals surface area contributed by atoms with Crippen LogP contribution in [0.25, 0.3) is 10.9 Å². The Balaban J connectivity index is 1.86. The third-order valence-corrected chi connectivity index (χ3v) is 4.25. The van der Waals surface area contributed by atoms with Gasteiger partial charge < -0.3 is 10.3 Å².